The smallest absolute Gasteiger partial charge is 0.410 e. The molecule has 3 amide bonds. The first-order valence-corrected chi connectivity index (χ1v) is 15.2. The van der Waals surface area contributed by atoms with Gasteiger partial charge in [-0.1, -0.05) is 31.7 Å². The van der Waals surface area contributed by atoms with Crippen molar-refractivity contribution in [1.82, 2.24) is 9.80 Å². The number of nitrogens with zero attached hydrogens (tertiary/aromatic N) is 3. The van der Waals surface area contributed by atoms with Crippen LogP contribution >= 0.6 is 11.8 Å². The molecule has 226 valence electrons. The van der Waals surface area contributed by atoms with Crippen LogP contribution < -0.4 is 10.5 Å². The molecule has 5 rings (SSSR count). The topological polar surface area (TPSA) is 162 Å². The number of hydrogen-bond donors (Lipinski definition) is 3. The number of cyclic esters (lactones) is 1. The van der Waals surface area contributed by atoms with Crippen LogP contribution in [0.5, 0.6) is 11.5 Å². The molecule has 0 aromatic heterocycles. The molecular formula is C31H36N6O5S. The van der Waals surface area contributed by atoms with Crippen LogP contribution in [-0.2, 0) is 16.1 Å². The molecule has 0 spiro atoms. The van der Waals surface area contributed by atoms with Gasteiger partial charge >= 0.3 is 6.09 Å². The van der Waals surface area contributed by atoms with Crippen LogP contribution in [0.25, 0.3) is 0 Å². The fourth-order valence-corrected chi connectivity index (χ4v) is 5.66. The van der Waals surface area contributed by atoms with E-state index in [1.807, 2.05) is 25.7 Å². The van der Waals surface area contributed by atoms with E-state index in [2.05, 4.69) is 4.99 Å². The number of carbonyl (C=O) groups is 3. The molecule has 1 aliphatic carbocycles. The summed E-state index contributed by atoms with van der Waals surface area (Å²) in [5.74, 6) is 0.214. The molecule has 1 unspecified atom stereocenters. The Bertz CT molecular complexity index is 1490. The van der Waals surface area contributed by atoms with Crippen LogP contribution in [-0.4, -0.2) is 68.9 Å². The van der Waals surface area contributed by atoms with Gasteiger partial charge in [0, 0.05) is 47.5 Å². The zero-order valence-corrected chi connectivity index (χ0v) is 25.3. The Morgan fingerprint density at radius 2 is 1.81 bits per heavy atom. The van der Waals surface area contributed by atoms with Gasteiger partial charge in [0.2, 0.25) is 5.91 Å². The van der Waals surface area contributed by atoms with Gasteiger partial charge in [0.25, 0.3) is 5.91 Å². The fraction of sp³-hybridized carbons (Fsp3) is 0.419. The third-order valence-electron chi connectivity index (χ3n) is 7.59. The number of carbonyl (C=O) groups excluding carboxylic acids is 3. The summed E-state index contributed by atoms with van der Waals surface area (Å²) in [4.78, 5) is 45.4. The van der Waals surface area contributed by atoms with E-state index in [0.717, 1.165) is 24.6 Å². The van der Waals surface area contributed by atoms with Crippen LogP contribution in [0, 0.1) is 22.7 Å². The maximum Gasteiger partial charge on any atom is 0.410 e. The highest BCUT2D eigenvalue weighted by atomic mass is 32.2. The maximum absolute atomic E-state index is 13.2. The summed E-state index contributed by atoms with van der Waals surface area (Å²) in [5, 5.41) is 17.0. The maximum atomic E-state index is 13.2. The number of amidine groups is 1. The number of ether oxygens (including phenoxy) is 2. The molecule has 1 saturated carbocycles. The molecule has 2 aromatic rings. The molecule has 11 nitrogen and oxygen atoms in total. The lowest BCUT2D eigenvalue weighted by Gasteiger charge is -2.17. The predicted octanol–water partition coefficient (Wildman–Crippen LogP) is 5.02. The quantitative estimate of drug-likeness (QED) is 0.267. The lowest BCUT2D eigenvalue weighted by molar-refractivity contribution is -0.128. The molecule has 43 heavy (non-hydrogen) atoms. The largest absolute Gasteiger partial charge is 0.457 e. The third-order valence-corrected chi connectivity index (χ3v) is 8.72. The minimum atomic E-state index is -0.547. The summed E-state index contributed by atoms with van der Waals surface area (Å²) in [6, 6.07) is 12.1. The van der Waals surface area contributed by atoms with Crippen molar-refractivity contribution in [1.29, 1.82) is 10.8 Å². The normalized spacial score (nSPS) is 20.5. The molecule has 0 radical (unpaired) electrons. The number of nitrogens with two attached hydrogens (primary N) is 1. The van der Waals surface area contributed by atoms with E-state index in [-0.39, 0.29) is 59.3 Å². The fourth-order valence-electron chi connectivity index (χ4n) is 4.95. The molecule has 4 N–H and O–H groups in total. The van der Waals surface area contributed by atoms with Crippen molar-refractivity contribution in [2.24, 2.45) is 22.6 Å². The summed E-state index contributed by atoms with van der Waals surface area (Å²) in [6.45, 7) is 6.77. The molecule has 2 saturated heterocycles. The first-order valence-electron chi connectivity index (χ1n) is 14.4. The van der Waals surface area contributed by atoms with Crippen molar-refractivity contribution in [2.45, 2.75) is 58.7 Å². The van der Waals surface area contributed by atoms with E-state index < -0.39 is 12.0 Å². The van der Waals surface area contributed by atoms with Crippen LogP contribution in [0.2, 0.25) is 0 Å². The molecule has 0 bridgehead atoms. The van der Waals surface area contributed by atoms with Gasteiger partial charge in [-0.15, -0.1) is 0 Å². The van der Waals surface area contributed by atoms with Gasteiger partial charge in [-0.25, -0.2) is 4.79 Å². The summed E-state index contributed by atoms with van der Waals surface area (Å²) in [7, 11) is 0. The molecular weight excluding hydrogens is 568 g/mol. The average Bonchev–Trinajstić information content (AvgIpc) is 3.65. The number of aliphatic imine (C=N–C) groups is 1. The van der Waals surface area contributed by atoms with Gasteiger partial charge in [-0.3, -0.25) is 20.4 Å². The van der Waals surface area contributed by atoms with Crippen LogP contribution in [0.4, 0.5) is 4.79 Å². The highest BCUT2D eigenvalue weighted by Crippen LogP contribution is 2.33. The van der Waals surface area contributed by atoms with E-state index >= 15 is 0 Å². The number of amides is 3. The predicted molar refractivity (Wildman–Crippen MR) is 165 cm³/mol. The summed E-state index contributed by atoms with van der Waals surface area (Å²) in [6.07, 6.45) is 1.61. The monoisotopic (exact) mass is 604 g/mol. The van der Waals surface area contributed by atoms with E-state index in [4.69, 9.17) is 26.0 Å². The number of nitrogens with one attached hydrogen (secondary N) is 2. The summed E-state index contributed by atoms with van der Waals surface area (Å²) < 4.78 is 11.5. The number of benzene rings is 2. The van der Waals surface area contributed by atoms with Crippen molar-refractivity contribution in [3.63, 3.8) is 0 Å². The van der Waals surface area contributed by atoms with Gasteiger partial charge in [0.15, 0.2) is 0 Å². The first kappa shape index (κ1) is 30.3. The Hall–Kier alpha value is -4.19. The first-order chi connectivity index (χ1) is 20.5. The number of thioether (sulfide) groups is 1. The Kier molecular flexibility index (Phi) is 8.86. The van der Waals surface area contributed by atoms with Crippen LogP contribution in [0.15, 0.2) is 47.5 Å². The van der Waals surface area contributed by atoms with Crippen molar-refractivity contribution < 1.29 is 23.9 Å². The highest BCUT2D eigenvalue weighted by Gasteiger charge is 2.40. The van der Waals surface area contributed by atoms with Crippen LogP contribution in [0.1, 0.15) is 61.5 Å². The molecule has 3 aliphatic rings. The van der Waals surface area contributed by atoms with Gasteiger partial charge in [-0.05, 0) is 56.2 Å². The lowest BCUT2D eigenvalue weighted by atomic mass is 10.1. The Morgan fingerprint density at radius 1 is 1.12 bits per heavy atom. The molecule has 3 fully saturated rings. The summed E-state index contributed by atoms with van der Waals surface area (Å²) >= 11 is 1.11. The Morgan fingerprint density at radius 3 is 2.44 bits per heavy atom. The number of likely N-dealkylation sites (tertiary alicyclic amines) is 1. The van der Waals surface area contributed by atoms with Gasteiger partial charge in [0.1, 0.15) is 28.5 Å². The Balaban J connectivity index is 1.35. The number of rotatable bonds is 9. The van der Waals surface area contributed by atoms with Gasteiger partial charge in [0.05, 0.1) is 18.1 Å². The molecule has 2 heterocycles. The zero-order valence-electron chi connectivity index (χ0n) is 24.5. The van der Waals surface area contributed by atoms with Crippen molar-refractivity contribution >= 4 is 45.6 Å². The second-order valence-electron chi connectivity index (χ2n) is 11.5. The van der Waals surface area contributed by atoms with Crippen molar-refractivity contribution in [3.05, 3.63) is 59.2 Å². The number of hydrogen-bond acceptors (Lipinski definition) is 8. The standard InChI is InChI=1S/C31H36N6O5S/c1-17(2)28(33)43-29(34)19-6-10-24(11-7-19)42-25-12-20(4-5-21(25)15-36-14-18(3)41-31(36)40)30(39)35-27(32)22-13-26(38)37(16-22)23-8-9-23/h4-7,10-12,17-18,22-23,33-34H,8-9,13-16H2,1-3H3,(H2,32,35,39)/t18?,22-/m0/s1. The highest BCUT2D eigenvalue weighted by molar-refractivity contribution is 8.26. The van der Waals surface area contributed by atoms with E-state index in [9.17, 15) is 14.4 Å². The SMILES string of the molecule is CC1CN(Cc2ccc(C(=O)N=C(N)[C@H]3CC(=O)N(C4CC4)C3)cc2Oc2ccc(C(=N)SC(=N)C(C)C)cc2)C(=O)O1. The van der Waals surface area contributed by atoms with E-state index in [0.29, 0.717) is 40.8 Å². The second-order valence-corrected chi connectivity index (χ2v) is 12.5. The lowest BCUT2D eigenvalue weighted by Crippen LogP contribution is -2.30. The van der Waals surface area contributed by atoms with Crippen molar-refractivity contribution in [2.75, 3.05) is 13.1 Å². The summed E-state index contributed by atoms with van der Waals surface area (Å²) in [5.41, 5.74) is 7.77. The average molecular weight is 605 g/mol. The molecule has 12 heteroatoms. The third kappa shape index (κ3) is 7.24. The molecule has 2 atom stereocenters. The van der Waals surface area contributed by atoms with E-state index in [1.165, 1.54) is 0 Å². The van der Waals surface area contributed by atoms with Gasteiger partial charge in [-0.2, -0.15) is 4.99 Å². The van der Waals surface area contributed by atoms with Crippen LogP contribution in [0.3, 0.4) is 0 Å². The minimum Gasteiger partial charge on any atom is -0.457 e. The van der Waals surface area contributed by atoms with E-state index in [1.54, 1.807) is 47.4 Å². The van der Waals surface area contributed by atoms with Crippen molar-refractivity contribution in [3.8, 4) is 11.5 Å². The zero-order chi connectivity index (χ0) is 30.8. The minimum absolute atomic E-state index is 0.0371. The van der Waals surface area contributed by atoms with Gasteiger partial charge < -0.3 is 25.0 Å². The molecule has 2 aliphatic heterocycles. The Labute approximate surface area is 254 Å². The molecule has 2 aromatic carbocycles. The second kappa shape index (κ2) is 12.6.